The topological polar surface area (TPSA) is 58.2 Å². The number of rotatable bonds is 6. The molecule has 1 aromatic carbocycles. The van der Waals surface area contributed by atoms with Gasteiger partial charge in [0.25, 0.3) is 0 Å². The highest BCUT2D eigenvalue weighted by molar-refractivity contribution is 7.93. The summed E-state index contributed by atoms with van der Waals surface area (Å²) in [7, 11) is -1.57. The van der Waals surface area contributed by atoms with E-state index in [0.29, 0.717) is 12.2 Å². The zero-order valence-corrected chi connectivity index (χ0v) is 11.3. The van der Waals surface area contributed by atoms with Gasteiger partial charge in [0.2, 0.25) is 10.0 Å². The normalized spacial score (nSPS) is 13.4. The van der Waals surface area contributed by atoms with Crippen LogP contribution in [-0.4, -0.2) is 27.3 Å². The van der Waals surface area contributed by atoms with Crippen molar-refractivity contribution in [3.05, 3.63) is 29.8 Å². The molecule has 96 valence electrons. The molecule has 0 fully saturated rings. The van der Waals surface area contributed by atoms with Crippen LogP contribution in [0.25, 0.3) is 0 Å². The fraction of sp³-hybridized carbons (Fsp3) is 0.500. The second-order valence-corrected chi connectivity index (χ2v) is 6.16. The number of nitrogens with one attached hydrogen (secondary N) is 2. The van der Waals surface area contributed by atoms with E-state index < -0.39 is 15.3 Å². The van der Waals surface area contributed by atoms with Gasteiger partial charge in [-0.1, -0.05) is 19.1 Å². The summed E-state index contributed by atoms with van der Waals surface area (Å²) in [5.41, 5.74) is 1.81. The van der Waals surface area contributed by atoms with Gasteiger partial charge in [-0.05, 0) is 38.1 Å². The van der Waals surface area contributed by atoms with Crippen molar-refractivity contribution in [1.29, 1.82) is 0 Å². The van der Waals surface area contributed by atoms with Gasteiger partial charge in [0.15, 0.2) is 0 Å². The number of benzene rings is 1. The zero-order valence-electron chi connectivity index (χ0n) is 10.5. The third-order valence-corrected chi connectivity index (χ3v) is 4.39. The maximum atomic E-state index is 11.9. The van der Waals surface area contributed by atoms with E-state index in [1.807, 2.05) is 12.1 Å². The summed E-state index contributed by atoms with van der Waals surface area (Å²) in [6, 6.07) is 7.45. The van der Waals surface area contributed by atoms with Crippen LogP contribution in [0.3, 0.4) is 0 Å². The average Bonchev–Trinajstić information content (AvgIpc) is 2.30. The molecule has 1 unspecified atom stereocenters. The minimum atomic E-state index is -3.31. The van der Waals surface area contributed by atoms with E-state index in [0.717, 1.165) is 6.42 Å². The summed E-state index contributed by atoms with van der Waals surface area (Å²) in [4.78, 5) is 0. The summed E-state index contributed by atoms with van der Waals surface area (Å²) in [6.45, 7) is 4.18. The minimum absolute atomic E-state index is 0.433. The van der Waals surface area contributed by atoms with Gasteiger partial charge in [-0.15, -0.1) is 0 Å². The number of sulfonamides is 1. The Hall–Kier alpha value is -1.07. The highest BCUT2D eigenvalue weighted by Crippen LogP contribution is 2.13. The quantitative estimate of drug-likeness (QED) is 0.813. The predicted molar refractivity (Wildman–Crippen MR) is 71.8 cm³/mol. The molecule has 0 bridgehead atoms. The van der Waals surface area contributed by atoms with Crippen molar-refractivity contribution in [2.24, 2.45) is 0 Å². The first-order valence-corrected chi connectivity index (χ1v) is 7.29. The smallest absolute Gasteiger partial charge is 0.236 e. The van der Waals surface area contributed by atoms with E-state index in [9.17, 15) is 8.42 Å². The first-order valence-electron chi connectivity index (χ1n) is 5.74. The van der Waals surface area contributed by atoms with Crippen LogP contribution >= 0.6 is 0 Å². The van der Waals surface area contributed by atoms with Gasteiger partial charge >= 0.3 is 0 Å². The van der Waals surface area contributed by atoms with Crippen molar-refractivity contribution in [2.45, 2.75) is 25.5 Å². The lowest BCUT2D eigenvalue weighted by Gasteiger charge is -2.14. The summed E-state index contributed by atoms with van der Waals surface area (Å²) in [6.07, 6.45) is 0.948. The number of aryl methyl sites for hydroxylation is 1. The fourth-order valence-corrected chi connectivity index (χ4v) is 2.52. The molecule has 1 atom stereocenters. The molecule has 0 aromatic heterocycles. The van der Waals surface area contributed by atoms with Crippen LogP contribution in [0.15, 0.2) is 24.3 Å². The standard InChI is InChI=1S/C12H20N2O2S/c1-4-11-5-7-12(8-6-11)14-17(15,16)10(2)9-13-3/h5-8,10,13-14H,4,9H2,1-3H3. The van der Waals surface area contributed by atoms with Crippen LogP contribution in [-0.2, 0) is 16.4 Å². The highest BCUT2D eigenvalue weighted by atomic mass is 32.2. The van der Waals surface area contributed by atoms with Gasteiger partial charge < -0.3 is 5.32 Å². The van der Waals surface area contributed by atoms with Crippen LogP contribution in [0, 0.1) is 0 Å². The summed E-state index contributed by atoms with van der Waals surface area (Å²) >= 11 is 0. The van der Waals surface area contributed by atoms with E-state index in [1.165, 1.54) is 5.56 Å². The Morgan fingerprint density at radius 2 is 1.82 bits per heavy atom. The summed E-state index contributed by atoms with van der Waals surface area (Å²) in [5, 5.41) is 2.40. The molecule has 4 nitrogen and oxygen atoms in total. The van der Waals surface area contributed by atoms with Crippen molar-refractivity contribution in [2.75, 3.05) is 18.3 Å². The first kappa shape index (κ1) is 14.0. The molecule has 1 aromatic rings. The molecule has 0 saturated carbocycles. The van der Waals surface area contributed by atoms with Crippen LogP contribution in [0.4, 0.5) is 5.69 Å². The lowest BCUT2D eigenvalue weighted by molar-refractivity contribution is 0.584. The third-order valence-electron chi connectivity index (χ3n) is 2.64. The maximum Gasteiger partial charge on any atom is 0.236 e. The molecule has 0 aliphatic rings. The molecule has 1 rings (SSSR count). The molecule has 0 spiro atoms. The fourth-order valence-electron chi connectivity index (χ4n) is 1.47. The molecule has 0 heterocycles. The van der Waals surface area contributed by atoms with Crippen molar-refractivity contribution >= 4 is 15.7 Å². The van der Waals surface area contributed by atoms with Gasteiger partial charge in [-0.25, -0.2) is 8.42 Å². The Morgan fingerprint density at radius 1 is 1.24 bits per heavy atom. The van der Waals surface area contributed by atoms with Gasteiger partial charge in [0.05, 0.1) is 5.25 Å². The van der Waals surface area contributed by atoms with E-state index in [1.54, 1.807) is 26.1 Å². The molecule has 0 amide bonds. The molecule has 5 heteroatoms. The first-order chi connectivity index (χ1) is 7.99. The Bertz CT molecular complexity index is 440. The molecular weight excluding hydrogens is 236 g/mol. The number of hydrogen-bond acceptors (Lipinski definition) is 3. The van der Waals surface area contributed by atoms with Gasteiger partial charge in [-0.3, -0.25) is 4.72 Å². The zero-order chi connectivity index (χ0) is 12.9. The number of anilines is 1. The lowest BCUT2D eigenvalue weighted by Crippen LogP contribution is -2.33. The second-order valence-electron chi connectivity index (χ2n) is 4.07. The Morgan fingerprint density at radius 3 is 2.29 bits per heavy atom. The molecule has 0 radical (unpaired) electrons. The van der Waals surface area contributed by atoms with Crippen molar-refractivity contribution < 1.29 is 8.42 Å². The Labute approximate surface area is 103 Å². The molecule has 2 N–H and O–H groups in total. The third kappa shape index (κ3) is 4.02. The van der Waals surface area contributed by atoms with Crippen molar-refractivity contribution in [3.8, 4) is 0 Å². The largest absolute Gasteiger partial charge is 0.318 e. The predicted octanol–water partition coefficient (Wildman–Crippen LogP) is 1.60. The van der Waals surface area contributed by atoms with Crippen LogP contribution in [0.5, 0.6) is 0 Å². The van der Waals surface area contributed by atoms with Gasteiger partial charge in [0.1, 0.15) is 0 Å². The summed E-state index contributed by atoms with van der Waals surface area (Å²) < 4.78 is 26.4. The SMILES string of the molecule is CCc1ccc(NS(=O)(=O)C(C)CNC)cc1. The maximum absolute atomic E-state index is 11.9. The molecule has 17 heavy (non-hydrogen) atoms. The Balaban J connectivity index is 2.75. The monoisotopic (exact) mass is 256 g/mol. The van der Waals surface area contributed by atoms with Crippen LogP contribution in [0.1, 0.15) is 19.4 Å². The molecule has 0 saturated heterocycles. The second kappa shape index (κ2) is 6.02. The van der Waals surface area contributed by atoms with Gasteiger partial charge in [-0.2, -0.15) is 0 Å². The van der Waals surface area contributed by atoms with Crippen LogP contribution < -0.4 is 10.0 Å². The van der Waals surface area contributed by atoms with Crippen molar-refractivity contribution in [1.82, 2.24) is 5.32 Å². The highest BCUT2D eigenvalue weighted by Gasteiger charge is 2.19. The summed E-state index contributed by atoms with van der Waals surface area (Å²) in [5.74, 6) is 0. The Kier molecular flexibility index (Phi) is 4.96. The van der Waals surface area contributed by atoms with E-state index >= 15 is 0 Å². The van der Waals surface area contributed by atoms with E-state index in [4.69, 9.17) is 0 Å². The van der Waals surface area contributed by atoms with E-state index in [-0.39, 0.29) is 0 Å². The average molecular weight is 256 g/mol. The van der Waals surface area contributed by atoms with Gasteiger partial charge in [0, 0.05) is 12.2 Å². The molecule has 0 aliphatic carbocycles. The van der Waals surface area contributed by atoms with Crippen LogP contribution in [0.2, 0.25) is 0 Å². The van der Waals surface area contributed by atoms with E-state index in [2.05, 4.69) is 17.0 Å². The molecular formula is C12H20N2O2S. The minimum Gasteiger partial charge on any atom is -0.318 e. The number of hydrogen-bond donors (Lipinski definition) is 2. The lowest BCUT2D eigenvalue weighted by atomic mass is 10.2. The van der Waals surface area contributed by atoms with Crippen molar-refractivity contribution in [3.63, 3.8) is 0 Å². The molecule has 0 aliphatic heterocycles.